The number of urea groups is 1. The van der Waals surface area contributed by atoms with Crippen molar-refractivity contribution in [2.75, 3.05) is 53.5 Å². The summed E-state index contributed by atoms with van der Waals surface area (Å²) in [5.74, 6) is 0.140. The zero-order valence-electron chi connectivity index (χ0n) is 26.2. The van der Waals surface area contributed by atoms with E-state index < -0.39 is 28.0 Å². The summed E-state index contributed by atoms with van der Waals surface area (Å²) in [5.41, 5.74) is 7.27. The van der Waals surface area contributed by atoms with Gasteiger partial charge in [0.25, 0.3) is 10.0 Å². The number of primary amides is 1. The maximum Gasteiger partial charge on any atom is 0.326 e. The van der Waals surface area contributed by atoms with E-state index in [9.17, 15) is 18.0 Å². The SMILES string of the molecule is CCOc1ccc(S(=O)(=O)N(C)OC)cc1C1=N[C@@H](c2ccc(Cl)cc2)[C@@H](c2ccc(Cl)cc2)N1C(=O)N1CCN(CC(N)=O)CC1. The van der Waals surface area contributed by atoms with Crippen molar-refractivity contribution in [3.8, 4) is 5.75 Å². The van der Waals surface area contributed by atoms with E-state index in [1.807, 2.05) is 36.1 Å². The van der Waals surface area contributed by atoms with Crippen LogP contribution in [-0.2, 0) is 19.7 Å². The summed E-state index contributed by atoms with van der Waals surface area (Å²) in [5, 5.41) is 1.07. The van der Waals surface area contributed by atoms with Gasteiger partial charge in [0.2, 0.25) is 5.91 Å². The number of aliphatic imine (C=N–C) groups is 1. The predicted molar refractivity (Wildman–Crippen MR) is 179 cm³/mol. The Morgan fingerprint density at radius 3 is 2.11 bits per heavy atom. The first-order chi connectivity index (χ1) is 22.4. The molecule has 3 aromatic carbocycles. The molecule has 15 heteroatoms. The number of piperazine rings is 1. The Kier molecular flexibility index (Phi) is 10.7. The van der Waals surface area contributed by atoms with Gasteiger partial charge in [-0.2, -0.15) is 0 Å². The van der Waals surface area contributed by atoms with Gasteiger partial charge >= 0.3 is 6.03 Å². The average molecular weight is 704 g/mol. The molecule has 2 aliphatic rings. The minimum Gasteiger partial charge on any atom is -0.493 e. The van der Waals surface area contributed by atoms with Gasteiger partial charge in [-0.3, -0.25) is 24.4 Å². The Bertz CT molecular complexity index is 1750. The minimum atomic E-state index is -4.07. The van der Waals surface area contributed by atoms with Crippen LogP contribution in [0.2, 0.25) is 10.0 Å². The molecule has 250 valence electrons. The van der Waals surface area contributed by atoms with Gasteiger partial charge in [-0.1, -0.05) is 51.9 Å². The smallest absolute Gasteiger partial charge is 0.326 e. The van der Waals surface area contributed by atoms with Crippen LogP contribution in [0, 0.1) is 0 Å². The fourth-order valence-corrected chi connectivity index (χ4v) is 6.95. The number of halogens is 2. The third-order valence-electron chi connectivity index (χ3n) is 8.10. The number of sulfonamides is 1. The Labute approximate surface area is 284 Å². The van der Waals surface area contributed by atoms with Crippen LogP contribution in [0.1, 0.15) is 35.7 Å². The summed E-state index contributed by atoms with van der Waals surface area (Å²) >= 11 is 12.5. The van der Waals surface area contributed by atoms with Crippen molar-refractivity contribution in [1.82, 2.24) is 19.2 Å². The van der Waals surface area contributed by atoms with Crippen LogP contribution in [0.3, 0.4) is 0 Å². The van der Waals surface area contributed by atoms with Gasteiger partial charge in [0.05, 0.1) is 36.8 Å². The quantitative estimate of drug-likeness (QED) is 0.310. The molecular weight excluding hydrogens is 667 g/mol. The fraction of sp³-hybridized carbons (Fsp3) is 0.344. The summed E-state index contributed by atoms with van der Waals surface area (Å²) in [6, 6.07) is 17.2. The number of nitrogens with two attached hydrogens (primary N) is 1. The molecule has 3 aromatic rings. The molecule has 2 aliphatic heterocycles. The number of ether oxygens (including phenoxy) is 1. The number of carbonyl (C=O) groups excluding carboxylic acids is 2. The number of amidine groups is 1. The largest absolute Gasteiger partial charge is 0.493 e. The molecule has 1 fully saturated rings. The maximum atomic E-state index is 14.7. The molecule has 47 heavy (non-hydrogen) atoms. The van der Waals surface area contributed by atoms with Crippen LogP contribution < -0.4 is 10.5 Å². The molecule has 0 aromatic heterocycles. The van der Waals surface area contributed by atoms with E-state index in [0.29, 0.717) is 47.5 Å². The molecule has 2 N–H and O–H groups in total. The van der Waals surface area contributed by atoms with Gasteiger partial charge in [0, 0.05) is 43.3 Å². The second-order valence-corrected chi connectivity index (χ2v) is 13.8. The highest BCUT2D eigenvalue weighted by Crippen LogP contribution is 2.46. The highest BCUT2D eigenvalue weighted by atomic mass is 35.5. The molecule has 0 spiro atoms. The van der Waals surface area contributed by atoms with Crippen LogP contribution in [0.25, 0.3) is 0 Å². The lowest BCUT2D eigenvalue weighted by Gasteiger charge is -2.38. The summed E-state index contributed by atoms with van der Waals surface area (Å²) < 4.78 is 33.5. The fourth-order valence-electron chi connectivity index (χ4n) is 5.70. The van der Waals surface area contributed by atoms with Crippen molar-refractivity contribution >= 4 is 51.0 Å². The van der Waals surface area contributed by atoms with Crippen molar-refractivity contribution in [3.05, 3.63) is 93.5 Å². The number of nitrogens with zero attached hydrogens (tertiary/aromatic N) is 5. The van der Waals surface area contributed by atoms with E-state index in [0.717, 1.165) is 15.6 Å². The van der Waals surface area contributed by atoms with Gasteiger partial charge in [-0.25, -0.2) is 13.2 Å². The van der Waals surface area contributed by atoms with E-state index in [1.165, 1.54) is 26.3 Å². The molecular formula is C32H36Cl2N6O6S. The zero-order chi connectivity index (χ0) is 33.9. The normalized spacial score (nSPS) is 18.8. The number of hydroxylamine groups is 1. The second kappa shape index (κ2) is 14.6. The topological polar surface area (TPSA) is 138 Å². The first-order valence-corrected chi connectivity index (χ1v) is 17.1. The molecule has 2 heterocycles. The average Bonchev–Trinajstić information content (AvgIpc) is 3.45. The molecule has 3 amide bonds. The van der Waals surface area contributed by atoms with Crippen molar-refractivity contribution in [2.45, 2.75) is 23.9 Å². The lowest BCUT2D eigenvalue weighted by atomic mass is 9.93. The molecule has 12 nitrogen and oxygen atoms in total. The third kappa shape index (κ3) is 7.40. The monoisotopic (exact) mass is 702 g/mol. The Morgan fingerprint density at radius 1 is 0.957 bits per heavy atom. The van der Waals surface area contributed by atoms with Crippen LogP contribution in [0.4, 0.5) is 4.79 Å². The maximum absolute atomic E-state index is 14.7. The highest BCUT2D eigenvalue weighted by Gasteiger charge is 2.45. The number of rotatable bonds is 10. The number of hydrogen-bond donors (Lipinski definition) is 1. The molecule has 0 aliphatic carbocycles. The summed E-state index contributed by atoms with van der Waals surface area (Å²) in [4.78, 5) is 41.5. The Morgan fingerprint density at radius 2 is 1.55 bits per heavy atom. The predicted octanol–water partition coefficient (Wildman–Crippen LogP) is 4.34. The summed E-state index contributed by atoms with van der Waals surface area (Å²) in [7, 11) is -1.53. The number of benzene rings is 3. The lowest BCUT2D eigenvalue weighted by molar-refractivity contribution is -0.119. The molecule has 0 radical (unpaired) electrons. The Hall–Kier alpha value is -3.72. The molecule has 0 bridgehead atoms. The third-order valence-corrected chi connectivity index (χ3v) is 10.3. The highest BCUT2D eigenvalue weighted by molar-refractivity contribution is 7.89. The van der Waals surface area contributed by atoms with Crippen LogP contribution in [0.15, 0.2) is 76.6 Å². The summed E-state index contributed by atoms with van der Waals surface area (Å²) in [6.07, 6.45) is 0. The molecule has 0 saturated carbocycles. The van der Waals surface area contributed by atoms with E-state index in [1.54, 1.807) is 40.1 Å². The van der Waals surface area contributed by atoms with Gasteiger partial charge in [0.1, 0.15) is 17.6 Å². The van der Waals surface area contributed by atoms with Crippen molar-refractivity contribution < 1.29 is 27.6 Å². The standard InChI is InChI=1S/C32H36Cl2N6O6S/c1-4-46-27-14-13-25(47(43,44)37(2)45-3)19-26(27)31-36-29(21-5-9-23(33)10-6-21)30(22-7-11-24(34)12-8-22)40(31)32(42)39-17-15-38(16-18-39)20-28(35)41/h5-14,19,29-30H,4,15-18,20H2,1-3H3,(H2,35,41)/t29-,30+/m0/s1. The minimum absolute atomic E-state index is 0.0755. The van der Waals surface area contributed by atoms with Gasteiger partial charge in [-0.05, 0) is 60.5 Å². The first-order valence-electron chi connectivity index (χ1n) is 14.9. The van der Waals surface area contributed by atoms with Gasteiger partial charge in [0.15, 0.2) is 0 Å². The van der Waals surface area contributed by atoms with Crippen molar-refractivity contribution in [2.24, 2.45) is 10.7 Å². The lowest BCUT2D eigenvalue weighted by Crippen LogP contribution is -2.55. The summed E-state index contributed by atoms with van der Waals surface area (Å²) in [6.45, 7) is 3.75. The zero-order valence-corrected chi connectivity index (χ0v) is 28.5. The number of carbonyl (C=O) groups is 2. The van der Waals surface area contributed by atoms with Crippen LogP contribution in [0.5, 0.6) is 5.75 Å². The second-order valence-electron chi connectivity index (χ2n) is 11.0. The van der Waals surface area contributed by atoms with E-state index in [2.05, 4.69) is 0 Å². The van der Waals surface area contributed by atoms with Crippen LogP contribution in [-0.4, -0.2) is 98.8 Å². The molecule has 1 saturated heterocycles. The molecule has 0 unspecified atom stereocenters. The van der Waals surface area contributed by atoms with E-state index in [-0.39, 0.29) is 29.9 Å². The van der Waals surface area contributed by atoms with Crippen molar-refractivity contribution in [3.63, 3.8) is 0 Å². The van der Waals surface area contributed by atoms with Gasteiger partial charge < -0.3 is 15.4 Å². The van der Waals surface area contributed by atoms with Gasteiger partial charge in [-0.15, -0.1) is 0 Å². The van der Waals surface area contributed by atoms with Crippen molar-refractivity contribution in [1.29, 1.82) is 0 Å². The number of hydrogen-bond acceptors (Lipinski definition) is 8. The Balaban J connectivity index is 1.69. The van der Waals surface area contributed by atoms with Crippen LogP contribution >= 0.6 is 23.2 Å². The number of amides is 3. The first kappa shape index (κ1) is 34.6. The molecule has 2 atom stereocenters. The van der Waals surface area contributed by atoms with E-state index in [4.69, 9.17) is 43.5 Å². The van der Waals surface area contributed by atoms with E-state index >= 15 is 0 Å². The molecule has 5 rings (SSSR count).